The number of piperazine rings is 1. The third-order valence-corrected chi connectivity index (χ3v) is 5.89. The minimum absolute atomic E-state index is 0.0517. The van der Waals surface area contributed by atoms with Crippen molar-refractivity contribution in [3.8, 4) is 10.6 Å². The summed E-state index contributed by atoms with van der Waals surface area (Å²) >= 11 is 1.23. The van der Waals surface area contributed by atoms with Crippen LogP contribution in [0.3, 0.4) is 0 Å². The van der Waals surface area contributed by atoms with Crippen molar-refractivity contribution in [2.45, 2.75) is 6.42 Å². The molecule has 0 atom stereocenters. The number of hydrogen-bond acceptors (Lipinski definition) is 4. The van der Waals surface area contributed by atoms with Gasteiger partial charge in [-0.25, -0.2) is 13.8 Å². The quantitative estimate of drug-likeness (QED) is 0.639. The van der Waals surface area contributed by atoms with Crippen LogP contribution in [0.5, 0.6) is 0 Å². The van der Waals surface area contributed by atoms with E-state index in [0.29, 0.717) is 36.8 Å². The molecule has 0 spiro atoms. The van der Waals surface area contributed by atoms with Crippen LogP contribution in [0, 0.1) is 11.6 Å². The van der Waals surface area contributed by atoms with Crippen molar-refractivity contribution in [1.82, 2.24) is 14.8 Å². The second kappa shape index (κ2) is 8.71. The van der Waals surface area contributed by atoms with Crippen LogP contribution in [-0.2, 0) is 11.2 Å². The lowest BCUT2D eigenvalue weighted by Crippen LogP contribution is -2.51. The highest BCUT2D eigenvalue weighted by Crippen LogP contribution is 2.26. The van der Waals surface area contributed by atoms with Crippen molar-refractivity contribution in [3.63, 3.8) is 0 Å². The number of rotatable bonds is 4. The first kappa shape index (κ1) is 20.2. The molecular weight excluding hydrogens is 408 g/mol. The van der Waals surface area contributed by atoms with Crippen LogP contribution in [0.4, 0.5) is 8.78 Å². The molecule has 1 aromatic heterocycles. The van der Waals surface area contributed by atoms with Gasteiger partial charge < -0.3 is 9.80 Å². The zero-order valence-electron chi connectivity index (χ0n) is 16.1. The van der Waals surface area contributed by atoms with Gasteiger partial charge in [-0.2, -0.15) is 0 Å². The van der Waals surface area contributed by atoms with E-state index in [-0.39, 0.29) is 35.6 Å². The summed E-state index contributed by atoms with van der Waals surface area (Å²) in [6, 6.07) is 12.2. The van der Waals surface area contributed by atoms with E-state index >= 15 is 0 Å². The van der Waals surface area contributed by atoms with E-state index in [9.17, 15) is 18.4 Å². The van der Waals surface area contributed by atoms with Crippen LogP contribution < -0.4 is 0 Å². The summed E-state index contributed by atoms with van der Waals surface area (Å²) in [7, 11) is 0. The lowest BCUT2D eigenvalue weighted by atomic mass is 10.1. The van der Waals surface area contributed by atoms with Gasteiger partial charge in [0.25, 0.3) is 5.91 Å². The van der Waals surface area contributed by atoms with Gasteiger partial charge in [-0.1, -0.05) is 24.3 Å². The highest BCUT2D eigenvalue weighted by atomic mass is 32.1. The second-order valence-corrected chi connectivity index (χ2v) is 7.85. The molecule has 0 aliphatic carbocycles. The maximum atomic E-state index is 14.0. The van der Waals surface area contributed by atoms with Gasteiger partial charge in [0.15, 0.2) is 0 Å². The number of hydrogen-bond donors (Lipinski definition) is 0. The average Bonchev–Trinajstić information content (AvgIpc) is 3.25. The highest BCUT2D eigenvalue weighted by molar-refractivity contribution is 7.13. The van der Waals surface area contributed by atoms with Crippen molar-refractivity contribution in [3.05, 3.63) is 76.8 Å². The topological polar surface area (TPSA) is 53.5 Å². The molecule has 0 N–H and O–H groups in total. The van der Waals surface area contributed by atoms with Crippen molar-refractivity contribution in [2.75, 3.05) is 26.2 Å². The van der Waals surface area contributed by atoms with Crippen LogP contribution in [0.25, 0.3) is 10.6 Å². The molecule has 30 heavy (non-hydrogen) atoms. The molecule has 2 heterocycles. The standard InChI is InChI=1S/C22H19F2N3O2S/c23-16-7-5-15(6-8-16)13-20(28)26-9-11-27(12-10-26)22(29)19-14-30-21(25-19)17-3-1-2-4-18(17)24/h1-8,14H,9-13H2. The summed E-state index contributed by atoms with van der Waals surface area (Å²) in [5.41, 5.74) is 1.41. The highest BCUT2D eigenvalue weighted by Gasteiger charge is 2.26. The Hall–Kier alpha value is -3.13. The van der Waals surface area contributed by atoms with Crippen molar-refractivity contribution < 1.29 is 18.4 Å². The van der Waals surface area contributed by atoms with Gasteiger partial charge in [-0.05, 0) is 29.8 Å². The first-order chi connectivity index (χ1) is 14.5. The summed E-state index contributed by atoms with van der Waals surface area (Å²) in [4.78, 5) is 32.9. The van der Waals surface area contributed by atoms with Gasteiger partial charge in [0, 0.05) is 37.1 Å². The van der Waals surface area contributed by atoms with Gasteiger partial charge >= 0.3 is 0 Å². The smallest absolute Gasteiger partial charge is 0.273 e. The molecule has 0 saturated carbocycles. The fraction of sp³-hybridized carbons (Fsp3) is 0.227. The Morgan fingerprint density at radius 3 is 2.30 bits per heavy atom. The molecule has 2 aromatic carbocycles. The summed E-state index contributed by atoms with van der Waals surface area (Å²) in [6.07, 6.45) is 0.201. The van der Waals surface area contributed by atoms with Gasteiger partial charge in [-0.15, -0.1) is 11.3 Å². The maximum absolute atomic E-state index is 14.0. The molecule has 2 amide bonds. The molecule has 154 valence electrons. The van der Waals surface area contributed by atoms with E-state index in [1.165, 1.54) is 29.5 Å². The van der Waals surface area contributed by atoms with Crippen molar-refractivity contribution in [1.29, 1.82) is 0 Å². The molecule has 1 aliphatic heterocycles. The second-order valence-electron chi connectivity index (χ2n) is 6.99. The molecule has 0 bridgehead atoms. The number of carbonyl (C=O) groups excluding carboxylic acids is 2. The molecule has 1 saturated heterocycles. The lowest BCUT2D eigenvalue weighted by Gasteiger charge is -2.34. The number of amides is 2. The Labute approximate surface area is 176 Å². The third kappa shape index (κ3) is 4.38. The Morgan fingerprint density at radius 2 is 1.60 bits per heavy atom. The van der Waals surface area contributed by atoms with E-state index in [2.05, 4.69) is 4.98 Å². The monoisotopic (exact) mass is 427 g/mol. The van der Waals surface area contributed by atoms with Gasteiger partial charge in [0.2, 0.25) is 5.91 Å². The van der Waals surface area contributed by atoms with Crippen LogP contribution in [-0.4, -0.2) is 52.8 Å². The summed E-state index contributed by atoms with van der Waals surface area (Å²) in [5.74, 6) is -0.985. The number of benzene rings is 2. The Balaban J connectivity index is 1.35. The predicted molar refractivity (Wildman–Crippen MR) is 110 cm³/mol. The fourth-order valence-electron chi connectivity index (χ4n) is 3.34. The van der Waals surface area contributed by atoms with Gasteiger partial charge in [-0.3, -0.25) is 9.59 Å². The van der Waals surface area contributed by atoms with Crippen LogP contribution in [0.15, 0.2) is 53.9 Å². The maximum Gasteiger partial charge on any atom is 0.273 e. The fourth-order valence-corrected chi connectivity index (χ4v) is 4.16. The zero-order chi connectivity index (χ0) is 21.1. The predicted octanol–water partition coefficient (Wildman–Crippen LogP) is 3.62. The number of thiazole rings is 1. The number of nitrogens with zero attached hydrogens (tertiary/aromatic N) is 3. The van der Waals surface area contributed by atoms with Crippen molar-refractivity contribution in [2.24, 2.45) is 0 Å². The zero-order valence-corrected chi connectivity index (χ0v) is 16.9. The Morgan fingerprint density at radius 1 is 0.933 bits per heavy atom. The average molecular weight is 427 g/mol. The van der Waals surface area contributed by atoms with Gasteiger partial charge in [0.1, 0.15) is 22.3 Å². The molecule has 0 radical (unpaired) electrons. The molecule has 1 aliphatic rings. The number of halogens is 2. The molecule has 4 rings (SSSR count). The van der Waals surface area contributed by atoms with E-state index < -0.39 is 0 Å². The van der Waals surface area contributed by atoms with Crippen LogP contribution in [0.1, 0.15) is 16.1 Å². The molecular formula is C22H19F2N3O2S. The summed E-state index contributed by atoms with van der Waals surface area (Å²) < 4.78 is 26.9. The normalized spacial score (nSPS) is 14.1. The third-order valence-electron chi connectivity index (χ3n) is 5.02. The molecule has 5 nitrogen and oxygen atoms in total. The summed E-state index contributed by atoms with van der Waals surface area (Å²) in [5, 5.41) is 2.10. The summed E-state index contributed by atoms with van der Waals surface area (Å²) in [6.45, 7) is 1.66. The minimum Gasteiger partial charge on any atom is -0.339 e. The van der Waals surface area contributed by atoms with Crippen molar-refractivity contribution >= 4 is 23.2 Å². The first-order valence-electron chi connectivity index (χ1n) is 9.53. The minimum atomic E-state index is -0.376. The largest absolute Gasteiger partial charge is 0.339 e. The van der Waals surface area contributed by atoms with E-state index in [0.717, 1.165) is 5.56 Å². The van der Waals surface area contributed by atoms with Crippen LogP contribution >= 0.6 is 11.3 Å². The first-order valence-corrected chi connectivity index (χ1v) is 10.4. The molecule has 3 aromatic rings. The molecule has 0 unspecified atom stereocenters. The van der Waals surface area contributed by atoms with Gasteiger partial charge in [0.05, 0.1) is 6.42 Å². The number of aromatic nitrogens is 1. The molecule has 8 heteroatoms. The Bertz CT molecular complexity index is 1060. The van der Waals surface area contributed by atoms with E-state index in [1.807, 2.05) is 0 Å². The van der Waals surface area contributed by atoms with Crippen LogP contribution in [0.2, 0.25) is 0 Å². The number of carbonyl (C=O) groups is 2. The Kier molecular flexibility index (Phi) is 5.85. The molecule has 1 fully saturated rings. The SMILES string of the molecule is O=C(Cc1ccc(F)cc1)N1CCN(C(=O)c2csc(-c3ccccc3F)n2)CC1. The van der Waals surface area contributed by atoms with E-state index in [4.69, 9.17) is 0 Å². The van der Waals surface area contributed by atoms with E-state index in [1.54, 1.807) is 45.5 Å². The lowest BCUT2D eigenvalue weighted by molar-refractivity contribution is -0.131.